The SMILES string of the molecule is O=C1CC(=O)C2C(=O)C(=O)C(c3ccc(O)c(O)c3)OC2C1. The molecule has 1 aliphatic heterocycles. The van der Waals surface area contributed by atoms with Crippen molar-refractivity contribution in [1.82, 2.24) is 0 Å². The van der Waals surface area contributed by atoms with Gasteiger partial charge in [0.1, 0.15) is 17.8 Å². The van der Waals surface area contributed by atoms with Crippen molar-refractivity contribution in [3.05, 3.63) is 23.8 Å². The standard InChI is InChI=1S/C15H12O7/c16-7-4-10(19)12-11(5-7)22-15(14(21)13(12)20)6-1-2-8(17)9(18)3-6/h1-3,11-12,15,17-18H,4-5H2. The lowest BCUT2D eigenvalue weighted by Gasteiger charge is -2.35. The molecule has 0 aromatic heterocycles. The normalized spacial score (nSPS) is 28.6. The van der Waals surface area contributed by atoms with Crippen LogP contribution in [-0.2, 0) is 23.9 Å². The number of carbonyl (C=O) groups is 4. The Balaban J connectivity index is 1.95. The average Bonchev–Trinajstić information content (AvgIpc) is 2.45. The molecule has 0 bridgehead atoms. The molecule has 0 radical (unpaired) electrons. The number of carbonyl (C=O) groups excluding carboxylic acids is 4. The summed E-state index contributed by atoms with van der Waals surface area (Å²) in [7, 11) is 0. The van der Waals surface area contributed by atoms with Crippen LogP contribution in [0, 0.1) is 5.92 Å². The highest BCUT2D eigenvalue weighted by molar-refractivity contribution is 6.44. The minimum atomic E-state index is -1.29. The van der Waals surface area contributed by atoms with Crippen LogP contribution in [0.4, 0.5) is 0 Å². The fraction of sp³-hybridized carbons (Fsp3) is 0.333. The van der Waals surface area contributed by atoms with Gasteiger partial charge in [-0.2, -0.15) is 0 Å². The predicted octanol–water partition coefficient (Wildman–Crippen LogP) is 0.224. The molecular formula is C15H12O7. The number of benzene rings is 1. The summed E-state index contributed by atoms with van der Waals surface area (Å²) in [4.78, 5) is 47.6. The molecule has 7 heteroatoms. The first kappa shape index (κ1) is 14.4. The summed E-state index contributed by atoms with van der Waals surface area (Å²) in [6.07, 6.45) is -2.71. The van der Waals surface area contributed by atoms with Gasteiger partial charge in [-0.25, -0.2) is 0 Å². The van der Waals surface area contributed by atoms with Crippen molar-refractivity contribution < 1.29 is 34.1 Å². The Kier molecular flexibility index (Phi) is 3.29. The zero-order chi connectivity index (χ0) is 16.0. The van der Waals surface area contributed by atoms with Gasteiger partial charge in [0.25, 0.3) is 0 Å². The van der Waals surface area contributed by atoms with Gasteiger partial charge in [0.15, 0.2) is 17.3 Å². The maximum atomic E-state index is 12.1. The molecule has 2 aliphatic rings. The number of phenolic OH excluding ortho intramolecular Hbond substituents is 2. The summed E-state index contributed by atoms with van der Waals surface area (Å²) < 4.78 is 5.49. The van der Waals surface area contributed by atoms with Gasteiger partial charge < -0.3 is 14.9 Å². The first-order valence-electron chi connectivity index (χ1n) is 6.68. The first-order valence-corrected chi connectivity index (χ1v) is 6.68. The van der Waals surface area contributed by atoms with Crippen molar-refractivity contribution in [3.63, 3.8) is 0 Å². The number of ether oxygens (including phenoxy) is 1. The summed E-state index contributed by atoms with van der Waals surface area (Å²) >= 11 is 0. The van der Waals surface area contributed by atoms with Crippen molar-refractivity contribution in [2.24, 2.45) is 5.92 Å². The summed E-state index contributed by atoms with van der Waals surface area (Å²) in [5, 5.41) is 18.8. The van der Waals surface area contributed by atoms with Gasteiger partial charge in [0, 0.05) is 6.42 Å². The highest BCUT2D eigenvalue weighted by Gasteiger charge is 2.50. The molecular weight excluding hydrogens is 292 g/mol. The highest BCUT2D eigenvalue weighted by Crippen LogP contribution is 2.37. The van der Waals surface area contributed by atoms with E-state index in [-0.39, 0.29) is 29.9 Å². The molecule has 0 spiro atoms. The van der Waals surface area contributed by atoms with E-state index in [4.69, 9.17) is 4.74 Å². The van der Waals surface area contributed by atoms with E-state index < -0.39 is 41.2 Å². The molecule has 3 atom stereocenters. The largest absolute Gasteiger partial charge is 0.504 e. The van der Waals surface area contributed by atoms with Gasteiger partial charge in [-0.05, 0) is 17.7 Å². The molecule has 22 heavy (non-hydrogen) atoms. The third-order valence-electron chi connectivity index (χ3n) is 3.90. The van der Waals surface area contributed by atoms with Crippen LogP contribution in [0.2, 0.25) is 0 Å². The lowest BCUT2D eigenvalue weighted by Crippen LogP contribution is -2.52. The second-order valence-corrected chi connectivity index (χ2v) is 5.39. The molecule has 3 rings (SSSR count). The number of rotatable bonds is 1. The molecule has 1 aliphatic carbocycles. The lowest BCUT2D eigenvalue weighted by molar-refractivity contribution is -0.170. The minimum Gasteiger partial charge on any atom is -0.504 e. The van der Waals surface area contributed by atoms with Crippen molar-refractivity contribution in [2.75, 3.05) is 0 Å². The van der Waals surface area contributed by atoms with E-state index >= 15 is 0 Å². The van der Waals surface area contributed by atoms with Gasteiger partial charge >= 0.3 is 0 Å². The van der Waals surface area contributed by atoms with E-state index in [1.165, 1.54) is 6.07 Å². The van der Waals surface area contributed by atoms with E-state index in [2.05, 4.69) is 0 Å². The number of phenols is 2. The maximum Gasteiger partial charge on any atom is 0.232 e. The minimum absolute atomic E-state index is 0.101. The van der Waals surface area contributed by atoms with Crippen LogP contribution in [0.3, 0.4) is 0 Å². The second kappa shape index (κ2) is 5.03. The van der Waals surface area contributed by atoms with Crippen LogP contribution in [0.25, 0.3) is 0 Å². The molecule has 2 N–H and O–H groups in total. The van der Waals surface area contributed by atoms with Crippen LogP contribution in [0.1, 0.15) is 24.5 Å². The second-order valence-electron chi connectivity index (χ2n) is 5.39. The number of aromatic hydroxyl groups is 2. The van der Waals surface area contributed by atoms with Crippen molar-refractivity contribution in [3.8, 4) is 11.5 Å². The fourth-order valence-electron chi connectivity index (χ4n) is 2.82. The molecule has 1 aromatic rings. The van der Waals surface area contributed by atoms with E-state index in [9.17, 15) is 29.4 Å². The third kappa shape index (κ3) is 2.19. The van der Waals surface area contributed by atoms with Crippen LogP contribution in [0.15, 0.2) is 18.2 Å². The number of Topliss-reactive ketones (excluding diaryl/α,β-unsaturated/α-hetero) is 4. The van der Waals surface area contributed by atoms with Gasteiger partial charge in [-0.1, -0.05) is 6.07 Å². The van der Waals surface area contributed by atoms with Crippen LogP contribution < -0.4 is 0 Å². The number of fused-ring (bicyclic) bond motifs is 1. The first-order chi connectivity index (χ1) is 10.4. The van der Waals surface area contributed by atoms with Crippen LogP contribution in [0.5, 0.6) is 11.5 Å². The van der Waals surface area contributed by atoms with E-state index in [1.807, 2.05) is 0 Å². The van der Waals surface area contributed by atoms with Crippen molar-refractivity contribution in [1.29, 1.82) is 0 Å². The smallest absolute Gasteiger partial charge is 0.232 e. The Labute approximate surface area is 124 Å². The van der Waals surface area contributed by atoms with E-state index in [0.29, 0.717) is 0 Å². The van der Waals surface area contributed by atoms with Crippen molar-refractivity contribution in [2.45, 2.75) is 25.0 Å². The van der Waals surface area contributed by atoms with E-state index in [1.54, 1.807) is 0 Å². The highest BCUT2D eigenvalue weighted by atomic mass is 16.5. The third-order valence-corrected chi connectivity index (χ3v) is 3.90. The lowest BCUT2D eigenvalue weighted by atomic mass is 9.77. The Morgan fingerprint density at radius 2 is 1.73 bits per heavy atom. The summed E-state index contributed by atoms with van der Waals surface area (Å²) in [5.74, 6) is -4.74. The molecule has 1 saturated carbocycles. The molecule has 114 valence electrons. The number of hydrogen-bond donors (Lipinski definition) is 2. The summed E-state index contributed by atoms with van der Waals surface area (Å²) in [6.45, 7) is 0. The van der Waals surface area contributed by atoms with Gasteiger partial charge in [0.2, 0.25) is 11.6 Å². The molecule has 1 aromatic carbocycles. The maximum absolute atomic E-state index is 12.1. The van der Waals surface area contributed by atoms with Crippen LogP contribution >= 0.6 is 0 Å². The fourth-order valence-corrected chi connectivity index (χ4v) is 2.82. The van der Waals surface area contributed by atoms with E-state index in [0.717, 1.165) is 12.1 Å². The molecule has 7 nitrogen and oxygen atoms in total. The topological polar surface area (TPSA) is 118 Å². The molecule has 3 unspecified atom stereocenters. The Bertz CT molecular complexity index is 706. The zero-order valence-corrected chi connectivity index (χ0v) is 11.3. The number of ketones is 4. The molecule has 0 amide bonds. The monoisotopic (exact) mass is 304 g/mol. The summed E-state index contributed by atoms with van der Waals surface area (Å²) in [6, 6.07) is 3.60. The predicted molar refractivity (Wildman–Crippen MR) is 70.1 cm³/mol. The Morgan fingerprint density at radius 1 is 1.00 bits per heavy atom. The van der Waals surface area contributed by atoms with Crippen LogP contribution in [-0.4, -0.2) is 39.5 Å². The zero-order valence-electron chi connectivity index (χ0n) is 11.3. The average molecular weight is 304 g/mol. The van der Waals surface area contributed by atoms with Crippen molar-refractivity contribution >= 4 is 23.1 Å². The number of hydrogen-bond acceptors (Lipinski definition) is 7. The Hall–Kier alpha value is -2.54. The molecule has 1 saturated heterocycles. The Morgan fingerprint density at radius 3 is 2.41 bits per heavy atom. The van der Waals surface area contributed by atoms with Gasteiger partial charge in [0.05, 0.1) is 12.5 Å². The molecule has 2 fully saturated rings. The quantitative estimate of drug-likeness (QED) is 0.433. The molecule has 1 heterocycles. The van der Waals surface area contributed by atoms with Gasteiger partial charge in [-0.3, -0.25) is 19.2 Å². The summed E-state index contributed by atoms with van der Waals surface area (Å²) in [5.41, 5.74) is 0.178. The van der Waals surface area contributed by atoms with Gasteiger partial charge in [-0.15, -0.1) is 0 Å².